The van der Waals surface area contributed by atoms with Gasteiger partial charge in [0.2, 0.25) is 0 Å². The molecule has 0 saturated heterocycles. The first kappa shape index (κ1) is 12.6. The van der Waals surface area contributed by atoms with E-state index in [0.717, 1.165) is 12.8 Å². The molecule has 1 fully saturated rings. The van der Waals surface area contributed by atoms with Crippen molar-refractivity contribution in [2.24, 2.45) is 0 Å². The summed E-state index contributed by atoms with van der Waals surface area (Å²) >= 11 is 0. The second kappa shape index (κ2) is 5.67. The highest BCUT2D eigenvalue weighted by molar-refractivity contribution is 5.94. The fraction of sp³-hybridized carbons (Fsp3) is 0.429. The van der Waals surface area contributed by atoms with Crippen molar-refractivity contribution < 1.29 is 14.3 Å². The Morgan fingerprint density at radius 1 is 1.33 bits per heavy atom. The van der Waals surface area contributed by atoms with Crippen molar-refractivity contribution in [2.75, 3.05) is 7.11 Å². The molecule has 1 aliphatic carbocycles. The maximum absolute atomic E-state index is 12.0. The summed E-state index contributed by atoms with van der Waals surface area (Å²) in [6.45, 7) is 0. The van der Waals surface area contributed by atoms with Gasteiger partial charge in [-0.3, -0.25) is 9.59 Å². The Hall–Kier alpha value is -1.84. The van der Waals surface area contributed by atoms with Gasteiger partial charge in [-0.1, -0.05) is 6.07 Å². The highest BCUT2D eigenvalue weighted by atomic mass is 16.5. The minimum Gasteiger partial charge on any atom is -0.497 e. The maximum atomic E-state index is 12.0. The van der Waals surface area contributed by atoms with Crippen molar-refractivity contribution in [1.82, 2.24) is 5.32 Å². The van der Waals surface area contributed by atoms with Gasteiger partial charge in [0, 0.05) is 24.4 Å². The molecule has 0 spiro atoms. The molecule has 0 unspecified atom stereocenters. The summed E-state index contributed by atoms with van der Waals surface area (Å²) in [4.78, 5) is 23.1. The second-order valence-electron chi connectivity index (χ2n) is 4.52. The number of amides is 1. The smallest absolute Gasteiger partial charge is 0.251 e. The van der Waals surface area contributed by atoms with Crippen LogP contribution in [0.25, 0.3) is 0 Å². The number of rotatable bonds is 3. The van der Waals surface area contributed by atoms with Crippen molar-refractivity contribution in [2.45, 2.75) is 31.7 Å². The quantitative estimate of drug-likeness (QED) is 0.888. The van der Waals surface area contributed by atoms with Crippen molar-refractivity contribution >= 4 is 11.7 Å². The molecule has 1 N–H and O–H groups in total. The van der Waals surface area contributed by atoms with E-state index in [1.54, 1.807) is 31.4 Å². The minimum atomic E-state index is -0.103. The second-order valence-corrected chi connectivity index (χ2v) is 4.52. The van der Waals surface area contributed by atoms with Gasteiger partial charge < -0.3 is 10.1 Å². The Kier molecular flexibility index (Phi) is 3.97. The molecule has 1 aliphatic rings. The molecule has 18 heavy (non-hydrogen) atoms. The normalized spacial score (nSPS) is 16.4. The highest BCUT2D eigenvalue weighted by Crippen LogP contribution is 2.17. The van der Waals surface area contributed by atoms with Crippen molar-refractivity contribution in [1.29, 1.82) is 0 Å². The molecule has 4 heteroatoms. The van der Waals surface area contributed by atoms with Gasteiger partial charge in [-0.15, -0.1) is 0 Å². The predicted octanol–water partition coefficient (Wildman–Crippen LogP) is 1.94. The Morgan fingerprint density at radius 3 is 2.72 bits per heavy atom. The molecule has 0 bridgehead atoms. The number of nitrogens with one attached hydrogen (secondary N) is 1. The third-order valence-electron chi connectivity index (χ3n) is 3.21. The van der Waals surface area contributed by atoms with Crippen molar-refractivity contribution in [3.8, 4) is 5.75 Å². The van der Waals surface area contributed by atoms with Crippen LogP contribution in [0.1, 0.15) is 36.0 Å². The first-order valence-electron chi connectivity index (χ1n) is 6.15. The standard InChI is InChI=1S/C14H17NO3/c1-18-13-4-2-3-10(9-13)14(17)15-11-5-7-12(16)8-6-11/h2-4,9,11H,5-8H2,1H3,(H,15,17). The van der Waals surface area contributed by atoms with Crippen LogP contribution in [-0.4, -0.2) is 24.8 Å². The van der Waals surface area contributed by atoms with E-state index in [4.69, 9.17) is 4.74 Å². The predicted molar refractivity (Wildman–Crippen MR) is 67.7 cm³/mol. The van der Waals surface area contributed by atoms with Gasteiger partial charge in [-0.2, -0.15) is 0 Å². The molecule has 1 amide bonds. The van der Waals surface area contributed by atoms with Crippen LogP contribution in [0.5, 0.6) is 5.75 Å². The summed E-state index contributed by atoms with van der Waals surface area (Å²) in [7, 11) is 1.57. The molecule has 2 rings (SSSR count). The Balaban J connectivity index is 1.96. The van der Waals surface area contributed by atoms with Gasteiger partial charge in [0.1, 0.15) is 11.5 Å². The Bertz CT molecular complexity index is 446. The molecule has 4 nitrogen and oxygen atoms in total. The van der Waals surface area contributed by atoms with Gasteiger partial charge >= 0.3 is 0 Å². The largest absolute Gasteiger partial charge is 0.497 e. The van der Waals surface area contributed by atoms with Gasteiger partial charge in [-0.25, -0.2) is 0 Å². The van der Waals surface area contributed by atoms with Gasteiger partial charge in [0.25, 0.3) is 5.91 Å². The lowest BCUT2D eigenvalue weighted by atomic mass is 9.94. The lowest BCUT2D eigenvalue weighted by molar-refractivity contribution is -0.120. The van der Waals surface area contributed by atoms with E-state index in [1.165, 1.54) is 0 Å². The van der Waals surface area contributed by atoms with E-state index in [0.29, 0.717) is 29.9 Å². The lowest BCUT2D eigenvalue weighted by Gasteiger charge is -2.22. The zero-order chi connectivity index (χ0) is 13.0. The summed E-state index contributed by atoms with van der Waals surface area (Å²) in [5.74, 6) is 0.858. The molecule has 1 aromatic carbocycles. The van der Waals surface area contributed by atoms with Crippen LogP contribution in [0.4, 0.5) is 0 Å². The van der Waals surface area contributed by atoms with E-state index in [2.05, 4.69) is 5.32 Å². The number of benzene rings is 1. The fourth-order valence-electron chi connectivity index (χ4n) is 2.12. The van der Waals surface area contributed by atoms with Crippen molar-refractivity contribution in [3.05, 3.63) is 29.8 Å². The number of carbonyl (C=O) groups excluding carboxylic acids is 2. The molecular formula is C14H17NO3. The van der Waals surface area contributed by atoms with E-state index < -0.39 is 0 Å². The number of hydrogen-bond donors (Lipinski definition) is 1. The number of methoxy groups -OCH3 is 1. The topological polar surface area (TPSA) is 55.4 Å². The van der Waals surface area contributed by atoms with E-state index >= 15 is 0 Å². The number of hydrogen-bond acceptors (Lipinski definition) is 3. The molecule has 0 atom stereocenters. The highest BCUT2D eigenvalue weighted by Gasteiger charge is 2.20. The minimum absolute atomic E-state index is 0.103. The Morgan fingerprint density at radius 2 is 2.06 bits per heavy atom. The van der Waals surface area contributed by atoms with Crippen LogP contribution < -0.4 is 10.1 Å². The van der Waals surface area contributed by atoms with Crippen LogP contribution in [0, 0.1) is 0 Å². The number of ether oxygens (including phenoxy) is 1. The first-order valence-corrected chi connectivity index (χ1v) is 6.15. The van der Waals surface area contributed by atoms with E-state index in [1.807, 2.05) is 0 Å². The zero-order valence-corrected chi connectivity index (χ0v) is 10.4. The number of carbonyl (C=O) groups is 2. The SMILES string of the molecule is COc1cccc(C(=O)NC2CCC(=O)CC2)c1. The fourth-order valence-corrected chi connectivity index (χ4v) is 2.12. The van der Waals surface area contributed by atoms with E-state index in [9.17, 15) is 9.59 Å². The first-order chi connectivity index (χ1) is 8.69. The number of Topliss-reactive ketones (excluding diaryl/α,β-unsaturated/α-hetero) is 1. The average molecular weight is 247 g/mol. The molecule has 0 aromatic heterocycles. The summed E-state index contributed by atoms with van der Waals surface area (Å²) in [5.41, 5.74) is 0.589. The van der Waals surface area contributed by atoms with Crippen LogP contribution in [0.15, 0.2) is 24.3 Å². The molecule has 0 aliphatic heterocycles. The summed E-state index contributed by atoms with van der Waals surface area (Å²) in [6.07, 6.45) is 2.63. The maximum Gasteiger partial charge on any atom is 0.251 e. The van der Waals surface area contributed by atoms with Gasteiger partial charge in [-0.05, 0) is 31.0 Å². The van der Waals surface area contributed by atoms with Crippen LogP contribution in [-0.2, 0) is 4.79 Å². The number of ketones is 1. The van der Waals surface area contributed by atoms with Crippen LogP contribution >= 0.6 is 0 Å². The molecule has 0 heterocycles. The Labute approximate surface area is 106 Å². The van der Waals surface area contributed by atoms with Gasteiger partial charge in [0.15, 0.2) is 0 Å². The lowest BCUT2D eigenvalue weighted by Crippen LogP contribution is -2.37. The molecule has 1 saturated carbocycles. The average Bonchev–Trinajstić information content (AvgIpc) is 2.41. The molecular weight excluding hydrogens is 230 g/mol. The summed E-state index contributed by atoms with van der Waals surface area (Å²) in [6, 6.07) is 7.17. The molecule has 1 aromatic rings. The molecule has 0 radical (unpaired) electrons. The van der Waals surface area contributed by atoms with Gasteiger partial charge in [0.05, 0.1) is 7.11 Å². The zero-order valence-electron chi connectivity index (χ0n) is 10.4. The summed E-state index contributed by atoms with van der Waals surface area (Å²) < 4.78 is 5.08. The molecule has 96 valence electrons. The third-order valence-corrected chi connectivity index (χ3v) is 3.21. The van der Waals surface area contributed by atoms with E-state index in [-0.39, 0.29) is 11.9 Å². The third kappa shape index (κ3) is 3.09. The van der Waals surface area contributed by atoms with Crippen molar-refractivity contribution in [3.63, 3.8) is 0 Å². The monoisotopic (exact) mass is 247 g/mol. The summed E-state index contributed by atoms with van der Waals surface area (Å²) in [5, 5.41) is 2.96. The van der Waals surface area contributed by atoms with Crippen LogP contribution in [0.3, 0.4) is 0 Å². The van der Waals surface area contributed by atoms with Crippen LogP contribution in [0.2, 0.25) is 0 Å².